The quantitative estimate of drug-likeness (QED) is 0.257. The number of carbonyl (C=O) groups is 1. The summed E-state index contributed by atoms with van der Waals surface area (Å²) in [7, 11) is 0. The molecule has 0 saturated carbocycles. The molecule has 5 nitrogen and oxygen atoms in total. The van der Waals surface area contributed by atoms with Crippen molar-refractivity contribution in [2.24, 2.45) is 0 Å². The van der Waals surface area contributed by atoms with E-state index in [2.05, 4.69) is 0 Å². The molecule has 2 aromatic carbocycles. The Hall–Kier alpha value is -2.99. The van der Waals surface area contributed by atoms with E-state index in [1.165, 1.54) is 6.07 Å². The van der Waals surface area contributed by atoms with Crippen LogP contribution in [0.4, 0.5) is 62.8 Å². The van der Waals surface area contributed by atoms with Gasteiger partial charge in [0.15, 0.2) is 0 Å². The molecule has 224 valence electrons. The normalized spacial score (nSPS) is 13.8. The van der Waals surface area contributed by atoms with Gasteiger partial charge in [0, 0.05) is 16.8 Å². The Kier molecular flexibility index (Phi) is 9.23. The summed E-state index contributed by atoms with van der Waals surface area (Å²) in [5.74, 6) is -14.5. The predicted octanol–water partition coefficient (Wildman–Crippen LogP) is 8.05. The summed E-state index contributed by atoms with van der Waals surface area (Å²) in [6, 6.07) is 5.07. The minimum atomic E-state index is -7.54. The average Bonchev–Trinajstić information content (AvgIpc) is 2.78. The number of rotatable bonds is 11. The van der Waals surface area contributed by atoms with Crippen molar-refractivity contribution in [1.29, 1.82) is 0 Å². The summed E-state index contributed by atoms with van der Waals surface area (Å²) in [6.45, 7) is 1.83. The number of benzene rings is 2. The van der Waals surface area contributed by atoms with Gasteiger partial charge < -0.3 is 10.1 Å². The molecule has 1 amide bonds. The molecule has 1 N–H and O–H groups in total. The number of anilines is 1. The third-order valence-electron chi connectivity index (χ3n) is 4.57. The topological polar surface area (TPSA) is 56.8 Å². The summed E-state index contributed by atoms with van der Waals surface area (Å²) >= 11 is 5.91. The molecule has 0 spiro atoms. The van der Waals surface area contributed by atoms with Crippen LogP contribution in [-0.2, 0) is 15.4 Å². The molecule has 0 fully saturated rings. The maximum Gasteiger partial charge on any atom is 0.527 e. The van der Waals surface area contributed by atoms with Crippen LogP contribution in [0.15, 0.2) is 42.5 Å². The van der Waals surface area contributed by atoms with Crippen molar-refractivity contribution in [2.75, 3.05) is 11.9 Å². The largest absolute Gasteiger partial charge is 0.527 e. The lowest BCUT2D eigenvalue weighted by molar-refractivity contribution is -0.535. The third kappa shape index (κ3) is 7.01. The van der Waals surface area contributed by atoms with Gasteiger partial charge in [0.25, 0.3) is 5.91 Å². The van der Waals surface area contributed by atoms with Crippen molar-refractivity contribution in [2.45, 2.75) is 43.5 Å². The molecule has 0 unspecified atom stereocenters. The first-order valence-corrected chi connectivity index (χ1v) is 10.6. The lowest BCUT2D eigenvalue weighted by atomic mass is 10.1. The SMILES string of the molecule is CCOc1ccc(C(=O)Nc2cccc(C(F)(F)C(F)(F)OC(F)(F)C(F)(F)C(F)(F)OC(F)(F)F)c2)cc1Cl. The van der Waals surface area contributed by atoms with Crippen LogP contribution < -0.4 is 10.1 Å². The fourth-order valence-electron chi connectivity index (χ4n) is 2.75. The first-order chi connectivity index (χ1) is 18.0. The van der Waals surface area contributed by atoms with E-state index in [4.69, 9.17) is 16.3 Å². The highest BCUT2D eigenvalue weighted by Crippen LogP contribution is 2.54. The highest BCUT2D eigenvalue weighted by atomic mass is 35.5. The van der Waals surface area contributed by atoms with E-state index < -0.39 is 53.7 Å². The van der Waals surface area contributed by atoms with Gasteiger partial charge >= 0.3 is 36.5 Å². The van der Waals surface area contributed by atoms with Crippen LogP contribution in [0.3, 0.4) is 0 Å². The van der Waals surface area contributed by atoms with E-state index in [-0.39, 0.29) is 35.1 Å². The van der Waals surface area contributed by atoms with Gasteiger partial charge in [-0.15, -0.1) is 13.2 Å². The number of halogens is 14. The van der Waals surface area contributed by atoms with Crippen molar-refractivity contribution in [1.82, 2.24) is 0 Å². The van der Waals surface area contributed by atoms with Gasteiger partial charge in [0.05, 0.1) is 11.6 Å². The highest BCUT2D eigenvalue weighted by Gasteiger charge is 2.80. The molecule has 40 heavy (non-hydrogen) atoms. The monoisotopic (exact) mass is 625 g/mol. The Bertz CT molecular complexity index is 1220. The van der Waals surface area contributed by atoms with Crippen molar-refractivity contribution < 1.29 is 76.1 Å². The van der Waals surface area contributed by atoms with Crippen molar-refractivity contribution in [3.05, 3.63) is 58.6 Å². The van der Waals surface area contributed by atoms with Gasteiger partial charge in [-0.25, -0.2) is 9.47 Å². The molecule has 0 heterocycles. The molecular formula is C21H13ClF13NO4. The van der Waals surface area contributed by atoms with E-state index in [1.54, 1.807) is 11.7 Å². The van der Waals surface area contributed by atoms with Crippen LogP contribution in [0, 0.1) is 0 Å². The summed E-state index contributed by atoms with van der Waals surface area (Å²) in [4.78, 5) is 12.4. The molecule has 0 saturated heterocycles. The molecule has 0 aliphatic carbocycles. The summed E-state index contributed by atoms with van der Waals surface area (Å²) in [6.07, 6.45) is -28.0. The smallest absolute Gasteiger partial charge is 0.492 e. The van der Waals surface area contributed by atoms with E-state index >= 15 is 0 Å². The summed E-state index contributed by atoms with van der Waals surface area (Å²) in [5.41, 5.74) is -2.87. The molecule has 0 bridgehead atoms. The molecule has 0 aliphatic heterocycles. The fourth-order valence-corrected chi connectivity index (χ4v) is 2.98. The first-order valence-electron chi connectivity index (χ1n) is 10.2. The van der Waals surface area contributed by atoms with Crippen LogP contribution in [0.25, 0.3) is 0 Å². The van der Waals surface area contributed by atoms with E-state index in [9.17, 15) is 61.9 Å². The van der Waals surface area contributed by atoms with Crippen LogP contribution in [0.5, 0.6) is 5.75 Å². The van der Waals surface area contributed by atoms with Gasteiger partial charge in [-0.2, -0.15) is 43.9 Å². The van der Waals surface area contributed by atoms with Crippen LogP contribution >= 0.6 is 11.6 Å². The summed E-state index contributed by atoms with van der Waals surface area (Å²) in [5, 5.41) is 1.91. The van der Waals surface area contributed by atoms with Crippen LogP contribution in [0.1, 0.15) is 22.8 Å². The Morgan fingerprint density at radius 2 is 1.38 bits per heavy atom. The zero-order chi connectivity index (χ0) is 30.9. The maximum absolute atomic E-state index is 14.4. The molecule has 19 heteroatoms. The number of alkyl halides is 13. The number of amides is 1. The standard InChI is InChI=1S/C21H13ClF13NO4/c1-2-38-14-7-6-10(8-13(14)22)15(37)36-12-5-3-4-11(9-12)16(23,24)18(27,28)39-19(29,30)17(25,26)20(31,32)40-21(33,34)35/h3-9H,2H2,1H3,(H,36,37). The van der Waals surface area contributed by atoms with Crippen molar-refractivity contribution in [3.8, 4) is 5.75 Å². The van der Waals surface area contributed by atoms with Gasteiger partial charge in [0.1, 0.15) is 5.75 Å². The molecule has 2 rings (SSSR count). The Morgan fingerprint density at radius 1 is 0.800 bits per heavy atom. The lowest BCUT2D eigenvalue weighted by Gasteiger charge is -2.35. The van der Waals surface area contributed by atoms with Gasteiger partial charge in [-0.3, -0.25) is 4.79 Å². The Balaban J connectivity index is 2.32. The maximum atomic E-state index is 14.4. The second kappa shape index (κ2) is 11.1. The minimum Gasteiger partial charge on any atom is -0.492 e. The van der Waals surface area contributed by atoms with Gasteiger partial charge in [0.2, 0.25) is 0 Å². The Morgan fingerprint density at radius 3 is 1.90 bits per heavy atom. The van der Waals surface area contributed by atoms with Crippen molar-refractivity contribution in [3.63, 3.8) is 0 Å². The number of hydrogen-bond donors (Lipinski definition) is 1. The molecule has 2 aromatic rings. The fraction of sp³-hybridized carbons (Fsp3) is 0.381. The minimum absolute atomic E-state index is 0.0585. The molecule has 0 aromatic heterocycles. The number of hydrogen-bond acceptors (Lipinski definition) is 4. The van der Waals surface area contributed by atoms with Gasteiger partial charge in [-0.05, 0) is 37.3 Å². The second-order valence-corrected chi connectivity index (χ2v) is 7.87. The number of ether oxygens (including phenoxy) is 3. The zero-order valence-corrected chi connectivity index (χ0v) is 19.9. The molecular weight excluding hydrogens is 613 g/mol. The predicted molar refractivity (Wildman–Crippen MR) is 109 cm³/mol. The van der Waals surface area contributed by atoms with Crippen molar-refractivity contribution >= 4 is 23.2 Å². The average molecular weight is 626 g/mol. The van der Waals surface area contributed by atoms with Crippen LogP contribution in [0.2, 0.25) is 5.02 Å². The first kappa shape index (κ1) is 33.2. The Labute approximate surface area is 219 Å². The highest BCUT2D eigenvalue weighted by molar-refractivity contribution is 6.32. The number of nitrogens with one attached hydrogen (secondary N) is 1. The van der Waals surface area contributed by atoms with E-state index in [1.807, 2.05) is 10.1 Å². The third-order valence-corrected chi connectivity index (χ3v) is 4.87. The van der Waals surface area contributed by atoms with E-state index in [0.717, 1.165) is 18.2 Å². The lowest BCUT2D eigenvalue weighted by Crippen LogP contribution is -2.61. The molecule has 0 radical (unpaired) electrons. The van der Waals surface area contributed by atoms with E-state index in [0.29, 0.717) is 6.07 Å². The second-order valence-electron chi connectivity index (χ2n) is 7.46. The zero-order valence-electron chi connectivity index (χ0n) is 19.2. The van der Waals surface area contributed by atoms with Gasteiger partial charge in [-0.1, -0.05) is 23.7 Å². The molecule has 0 aliphatic rings. The summed E-state index contributed by atoms with van der Waals surface area (Å²) < 4.78 is 181. The number of carbonyl (C=O) groups excluding carboxylic acids is 1. The molecule has 0 atom stereocenters. The van der Waals surface area contributed by atoms with Crippen LogP contribution in [-0.4, -0.2) is 43.1 Å².